The molecule has 0 saturated heterocycles. The third-order valence-electron chi connectivity index (χ3n) is 2.05. The lowest BCUT2D eigenvalue weighted by atomic mass is 10.2. The van der Waals surface area contributed by atoms with Gasteiger partial charge >= 0.3 is 0 Å². The van der Waals surface area contributed by atoms with Gasteiger partial charge in [0.15, 0.2) is 0 Å². The number of nitrogens with zero attached hydrogens (tertiary/aromatic N) is 1. The summed E-state index contributed by atoms with van der Waals surface area (Å²) >= 11 is 7.75. The normalized spacial score (nSPS) is 11.7. The first kappa shape index (κ1) is 13.2. The van der Waals surface area contributed by atoms with Crippen LogP contribution in [0.1, 0.15) is 19.3 Å². The predicted octanol–water partition coefficient (Wildman–Crippen LogP) is 3.35. The second kappa shape index (κ2) is 7.41. The molecule has 0 unspecified atom stereocenters. The van der Waals surface area contributed by atoms with Crippen LogP contribution >= 0.6 is 23.4 Å². The number of amidine groups is 1. The van der Waals surface area contributed by atoms with Gasteiger partial charge in [-0.1, -0.05) is 28.9 Å². The van der Waals surface area contributed by atoms with Gasteiger partial charge in [0.05, 0.1) is 5.02 Å². The number of hydrogen-bond donors (Lipinski definition) is 2. The van der Waals surface area contributed by atoms with Crippen LogP contribution in [0.3, 0.4) is 0 Å². The van der Waals surface area contributed by atoms with Crippen LogP contribution < -0.4 is 5.73 Å². The van der Waals surface area contributed by atoms with Crippen LogP contribution in [0.4, 0.5) is 0 Å². The molecule has 88 valence electrons. The molecule has 0 atom stereocenters. The van der Waals surface area contributed by atoms with Gasteiger partial charge in [0.25, 0.3) is 0 Å². The van der Waals surface area contributed by atoms with Crippen molar-refractivity contribution in [3.05, 3.63) is 29.3 Å². The monoisotopic (exact) mass is 258 g/mol. The molecule has 0 aliphatic rings. The van der Waals surface area contributed by atoms with E-state index in [-0.39, 0.29) is 0 Å². The van der Waals surface area contributed by atoms with Crippen LogP contribution in [-0.4, -0.2) is 16.8 Å². The molecule has 1 rings (SSSR count). The van der Waals surface area contributed by atoms with Gasteiger partial charge in [-0.15, -0.1) is 11.8 Å². The van der Waals surface area contributed by atoms with E-state index < -0.39 is 0 Å². The minimum absolute atomic E-state index is 0.294. The van der Waals surface area contributed by atoms with E-state index in [2.05, 4.69) is 5.16 Å². The Morgan fingerprint density at radius 3 is 2.81 bits per heavy atom. The van der Waals surface area contributed by atoms with Crippen LogP contribution in [0, 0.1) is 0 Å². The molecule has 0 fully saturated rings. The number of nitrogens with two attached hydrogens (primary N) is 1. The maximum Gasteiger partial charge on any atom is 0.139 e. The molecule has 1 aromatic rings. The van der Waals surface area contributed by atoms with Crippen LogP contribution in [0.2, 0.25) is 5.02 Å². The van der Waals surface area contributed by atoms with Crippen molar-refractivity contribution < 1.29 is 5.21 Å². The quantitative estimate of drug-likeness (QED) is 0.205. The van der Waals surface area contributed by atoms with Crippen LogP contribution in [-0.2, 0) is 0 Å². The molecule has 3 N–H and O–H groups in total. The van der Waals surface area contributed by atoms with Crippen molar-refractivity contribution in [2.24, 2.45) is 10.9 Å². The van der Waals surface area contributed by atoms with E-state index in [4.69, 9.17) is 22.5 Å². The average Bonchev–Trinajstić information content (AvgIpc) is 2.30. The molecule has 0 heterocycles. The molecule has 0 aliphatic heterocycles. The summed E-state index contributed by atoms with van der Waals surface area (Å²) in [6, 6.07) is 7.80. The minimum Gasteiger partial charge on any atom is -0.409 e. The Morgan fingerprint density at radius 2 is 2.12 bits per heavy atom. The Kier molecular flexibility index (Phi) is 6.11. The summed E-state index contributed by atoms with van der Waals surface area (Å²) in [7, 11) is 0. The average molecular weight is 259 g/mol. The maximum absolute atomic E-state index is 8.35. The molecule has 0 amide bonds. The zero-order valence-corrected chi connectivity index (χ0v) is 10.5. The molecule has 0 spiro atoms. The molecule has 0 saturated carbocycles. The lowest BCUT2D eigenvalue weighted by Gasteiger charge is -2.03. The van der Waals surface area contributed by atoms with Gasteiger partial charge in [0.1, 0.15) is 5.84 Å². The van der Waals surface area contributed by atoms with Crippen LogP contribution in [0.25, 0.3) is 0 Å². The zero-order valence-electron chi connectivity index (χ0n) is 8.90. The highest BCUT2D eigenvalue weighted by Crippen LogP contribution is 2.27. The molecule has 16 heavy (non-hydrogen) atoms. The summed E-state index contributed by atoms with van der Waals surface area (Å²) in [4.78, 5) is 1.10. The summed E-state index contributed by atoms with van der Waals surface area (Å²) in [5, 5.41) is 12.1. The summed E-state index contributed by atoms with van der Waals surface area (Å²) in [6.45, 7) is 0. The van der Waals surface area contributed by atoms with Gasteiger partial charge in [-0.3, -0.25) is 0 Å². The minimum atomic E-state index is 0.294. The van der Waals surface area contributed by atoms with Crippen molar-refractivity contribution in [1.29, 1.82) is 0 Å². The van der Waals surface area contributed by atoms with Crippen molar-refractivity contribution in [2.75, 3.05) is 5.75 Å². The number of benzene rings is 1. The van der Waals surface area contributed by atoms with Gasteiger partial charge in [-0.2, -0.15) is 0 Å². The Bertz CT molecular complexity index is 358. The second-order valence-corrected chi connectivity index (χ2v) is 4.87. The molecular formula is C11H15ClN2OS. The van der Waals surface area contributed by atoms with Gasteiger partial charge in [0, 0.05) is 11.3 Å². The first-order chi connectivity index (χ1) is 7.74. The maximum atomic E-state index is 8.35. The highest BCUT2D eigenvalue weighted by atomic mass is 35.5. The fourth-order valence-electron chi connectivity index (χ4n) is 1.20. The molecule has 5 heteroatoms. The molecule has 3 nitrogen and oxygen atoms in total. The zero-order chi connectivity index (χ0) is 11.8. The number of unbranched alkanes of at least 4 members (excludes halogenated alkanes) is 1. The number of rotatable bonds is 6. The molecular weight excluding hydrogens is 244 g/mol. The lowest BCUT2D eigenvalue weighted by molar-refractivity contribution is 0.316. The summed E-state index contributed by atoms with van der Waals surface area (Å²) in [5.41, 5.74) is 5.36. The van der Waals surface area contributed by atoms with Gasteiger partial charge in [-0.05, 0) is 30.7 Å². The Hall–Kier alpha value is -0.870. The Balaban J connectivity index is 2.19. The van der Waals surface area contributed by atoms with Crippen molar-refractivity contribution in [3.63, 3.8) is 0 Å². The number of oxime groups is 1. The third kappa shape index (κ3) is 4.77. The smallest absolute Gasteiger partial charge is 0.139 e. The lowest BCUT2D eigenvalue weighted by Crippen LogP contribution is -2.10. The SMILES string of the molecule is N/C(CCCCSc1ccccc1Cl)=N/O. The molecule has 0 aliphatic carbocycles. The van der Waals surface area contributed by atoms with E-state index in [1.165, 1.54) is 0 Å². The molecule has 0 radical (unpaired) electrons. The van der Waals surface area contributed by atoms with Crippen molar-refractivity contribution >= 4 is 29.2 Å². The molecule has 0 bridgehead atoms. The largest absolute Gasteiger partial charge is 0.409 e. The van der Waals surface area contributed by atoms with Crippen molar-refractivity contribution in [1.82, 2.24) is 0 Å². The first-order valence-corrected chi connectivity index (χ1v) is 6.44. The van der Waals surface area contributed by atoms with Gasteiger partial charge in [0.2, 0.25) is 0 Å². The summed E-state index contributed by atoms with van der Waals surface area (Å²) in [5.74, 6) is 1.28. The predicted molar refractivity (Wildman–Crippen MR) is 69.4 cm³/mol. The van der Waals surface area contributed by atoms with E-state index in [1.807, 2.05) is 24.3 Å². The Morgan fingerprint density at radius 1 is 1.38 bits per heavy atom. The summed E-state index contributed by atoms with van der Waals surface area (Å²) in [6.07, 6.45) is 2.58. The standard InChI is InChI=1S/C11H15ClN2OS/c12-9-5-1-2-6-10(9)16-8-4-3-7-11(13)14-15/h1-2,5-6,15H,3-4,7-8H2,(H2,13,14). The topological polar surface area (TPSA) is 58.6 Å². The van der Waals surface area contributed by atoms with E-state index in [0.717, 1.165) is 28.5 Å². The fraction of sp³-hybridized carbons (Fsp3) is 0.364. The molecule has 0 aromatic heterocycles. The fourth-order valence-corrected chi connectivity index (χ4v) is 2.45. The first-order valence-electron chi connectivity index (χ1n) is 5.07. The van der Waals surface area contributed by atoms with E-state index in [1.54, 1.807) is 11.8 Å². The third-order valence-corrected chi connectivity index (χ3v) is 3.65. The second-order valence-electron chi connectivity index (χ2n) is 3.33. The van der Waals surface area contributed by atoms with E-state index in [0.29, 0.717) is 12.3 Å². The van der Waals surface area contributed by atoms with Gasteiger partial charge < -0.3 is 10.9 Å². The summed E-state index contributed by atoms with van der Waals surface area (Å²) < 4.78 is 0. The highest BCUT2D eigenvalue weighted by molar-refractivity contribution is 7.99. The van der Waals surface area contributed by atoms with Crippen LogP contribution in [0.15, 0.2) is 34.3 Å². The van der Waals surface area contributed by atoms with E-state index in [9.17, 15) is 0 Å². The molecule has 1 aromatic carbocycles. The highest BCUT2D eigenvalue weighted by Gasteiger charge is 1.99. The Labute approximate surface area is 105 Å². The number of thioether (sulfide) groups is 1. The number of halogens is 1. The van der Waals surface area contributed by atoms with Gasteiger partial charge in [-0.25, -0.2) is 0 Å². The van der Waals surface area contributed by atoms with E-state index >= 15 is 0 Å². The van der Waals surface area contributed by atoms with Crippen LogP contribution in [0.5, 0.6) is 0 Å². The van der Waals surface area contributed by atoms with Crippen molar-refractivity contribution in [2.45, 2.75) is 24.2 Å². The number of hydrogen-bond acceptors (Lipinski definition) is 3. The van der Waals surface area contributed by atoms with Crippen molar-refractivity contribution in [3.8, 4) is 0 Å².